The lowest BCUT2D eigenvalue weighted by atomic mass is 9.73. The van der Waals surface area contributed by atoms with E-state index in [0.29, 0.717) is 5.92 Å². The Hall–Kier alpha value is -5.06. The molecule has 11 rings (SSSR count). The second kappa shape index (κ2) is 10.0. The predicted molar refractivity (Wildman–Crippen MR) is 210 cm³/mol. The van der Waals surface area contributed by atoms with Crippen molar-refractivity contribution in [2.45, 2.75) is 55.4 Å². The maximum Gasteiger partial charge on any atom is 0.141 e. The minimum atomic E-state index is -0.237. The molecule has 3 atom stereocenters. The van der Waals surface area contributed by atoms with Gasteiger partial charge in [-0.25, -0.2) is 4.99 Å². The third kappa shape index (κ3) is 3.75. The van der Waals surface area contributed by atoms with Gasteiger partial charge in [0.1, 0.15) is 11.9 Å². The van der Waals surface area contributed by atoms with Crippen LogP contribution in [-0.2, 0) is 10.8 Å². The van der Waals surface area contributed by atoms with Gasteiger partial charge in [0, 0.05) is 48.1 Å². The van der Waals surface area contributed by atoms with Crippen LogP contribution in [0.5, 0.6) is 0 Å². The van der Waals surface area contributed by atoms with Crippen LogP contribution in [0.15, 0.2) is 147 Å². The smallest absolute Gasteiger partial charge is 0.141 e. The van der Waals surface area contributed by atoms with Gasteiger partial charge in [-0.1, -0.05) is 148 Å². The third-order valence-corrected chi connectivity index (χ3v) is 13.6. The zero-order chi connectivity index (χ0) is 33.4. The van der Waals surface area contributed by atoms with E-state index >= 15 is 0 Å². The fraction of sp³-hybridized carbons (Fsp3) is 0.196. The van der Waals surface area contributed by atoms with Crippen molar-refractivity contribution in [3.8, 4) is 0 Å². The van der Waals surface area contributed by atoms with Crippen LogP contribution in [-0.4, -0.2) is 16.4 Å². The fourth-order valence-corrected chi connectivity index (χ4v) is 10.9. The van der Waals surface area contributed by atoms with Crippen LogP contribution in [0.2, 0.25) is 0 Å². The molecule has 0 saturated carbocycles. The van der Waals surface area contributed by atoms with Gasteiger partial charge in [0.2, 0.25) is 0 Å². The Balaban J connectivity index is 1.21. The van der Waals surface area contributed by atoms with Gasteiger partial charge in [0.05, 0.1) is 22.3 Å². The first-order valence-corrected chi connectivity index (χ1v) is 18.7. The van der Waals surface area contributed by atoms with Crippen molar-refractivity contribution < 1.29 is 0 Å². The number of aliphatic imine (C=N–C) groups is 1. The number of hydrogen-bond acceptors (Lipinski definition) is 3. The summed E-state index contributed by atoms with van der Waals surface area (Å²) in [7, 11) is 0. The minimum absolute atomic E-state index is 0.0725. The van der Waals surface area contributed by atoms with E-state index in [9.17, 15) is 0 Å². The van der Waals surface area contributed by atoms with Crippen molar-refractivity contribution in [1.29, 1.82) is 0 Å². The van der Waals surface area contributed by atoms with Crippen LogP contribution in [0.1, 0.15) is 50.3 Å². The number of aromatic nitrogens is 1. The summed E-state index contributed by atoms with van der Waals surface area (Å²) in [6.45, 7) is 7.11. The molecule has 0 bridgehead atoms. The second-order valence-corrected chi connectivity index (χ2v) is 16.5. The lowest BCUT2D eigenvalue weighted by Gasteiger charge is -2.37. The molecule has 4 heteroatoms. The van der Waals surface area contributed by atoms with Crippen LogP contribution >= 0.6 is 11.8 Å². The molecule has 0 spiro atoms. The van der Waals surface area contributed by atoms with Gasteiger partial charge < -0.3 is 5.32 Å². The first-order chi connectivity index (χ1) is 24.4. The highest BCUT2D eigenvalue weighted by Gasteiger charge is 2.47. The van der Waals surface area contributed by atoms with Gasteiger partial charge in [0.25, 0.3) is 0 Å². The third-order valence-electron chi connectivity index (χ3n) is 12.2. The van der Waals surface area contributed by atoms with Crippen molar-refractivity contribution >= 4 is 57.1 Å². The average Bonchev–Trinajstić information content (AvgIpc) is 3.72. The summed E-state index contributed by atoms with van der Waals surface area (Å²) in [4.78, 5) is 8.71. The molecule has 6 aliphatic rings. The Morgan fingerprint density at radius 3 is 2.58 bits per heavy atom. The number of benzene rings is 4. The molecule has 0 amide bonds. The van der Waals surface area contributed by atoms with Crippen LogP contribution in [0.3, 0.4) is 0 Å². The molecule has 1 N–H and O–H groups in total. The lowest BCUT2D eigenvalue weighted by molar-refractivity contribution is 0.546. The number of hydrogen-bond donors (Lipinski definition) is 1. The van der Waals surface area contributed by atoms with Gasteiger partial charge in [-0.15, -0.1) is 0 Å². The van der Waals surface area contributed by atoms with Gasteiger partial charge in [-0.3, -0.25) is 4.57 Å². The second-order valence-electron chi connectivity index (χ2n) is 15.4. The molecule has 2 aliphatic heterocycles. The largest absolute Gasteiger partial charge is 0.370 e. The summed E-state index contributed by atoms with van der Waals surface area (Å²) in [5.74, 6) is 1.45. The van der Waals surface area contributed by atoms with Crippen molar-refractivity contribution in [3.05, 3.63) is 164 Å². The van der Waals surface area contributed by atoms with E-state index in [1.807, 2.05) is 11.8 Å². The van der Waals surface area contributed by atoms with Crippen LogP contribution in [0.25, 0.3) is 39.5 Å². The normalized spacial score (nSPS) is 25.1. The predicted octanol–water partition coefficient (Wildman–Crippen LogP) is 9.03. The Morgan fingerprint density at radius 2 is 1.66 bits per heavy atom. The number of fused-ring (bicyclic) bond motifs is 11. The molecular weight excluding hydrogens is 627 g/mol. The van der Waals surface area contributed by atoms with Crippen LogP contribution < -0.4 is 15.9 Å². The van der Waals surface area contributed by atoms with E-state index in [2.05, 4.69) is 158 Å². The molecule has 3 nitrogen and oxygen atoms in total. The molecule has 0 fully saturated rings. The molecule has 0 saturated heterocycles. The minimum Gasteiger partial charge on any atom is -0.370 e. The monoisotopic (exact) mass is 663 g/mol. The highest BCUT2D eigenvalue weighted by atomic mass is 32.2. The van der Waals surface area contributed by atoms with E-state index < -0.39 is 0 Å². The van der Waals surface area contributed by atoms with E-state index in [0.717, 1.165) is 24.4 Å². The molecule has 4 aliphatic carbocycles. The zero-order valence-corrected chi connectivity index (χ0v) is 29.3. The van der Waals surface area contributed by atoms with Crippen LogP contribution in [0, 0.1) is 5.92 Å². The molecule has 3 unspecified atom stereocenters. The van der Waals surface area contributed by atoms with E-state index in [-0.39, 0.29) is 16.9 Å². The molecule has 4 aromatic carbocycles. The van der Waals surface area contributed by atoms with Crippen molar-refractivity contribution in [3.63, 3.8) is 0 Å². The number of rotatable bonds is 1. The SMILES string of the molecule is CC1(C)C2=C(NC(C3=CC=C4Sc5ccccc5C4(C)C3)C(n3c4c(c5ccc6ccccc6c53)=CC3CC=CC=C3C=4)=N2)c2ccccc21. The first kappa shape index (κ1) is 28.7. The molecule has 242 valence electrons. The molecule has 1 aromatic heterocycles. The van der Waals surface area contributed by atoms with Gasteiger partial charge in [0.15, 0.2) is 0 Å². The summed E-state index contributed by atoms with van der Waals surface area (Å²) in [6, 6.07) is 31.3. The average molecular weight is 664 g/mol. The molecule has 50 heavy (non-hydrogen) atoms. The fourth-order valence-electron chi connectivity index (χ4n) is 9.60. The summed E-state index contributed by atoms with van der Waals surface area (Å²) >= 11 is 1.93. The Morgan fingerprint density at radius 1 is 0.840 bits per heavy atom. The number of nitrogens with one attached hydrogen (secondary N) is 1. The number of allylic oxidation sites excluding steroid dienone is 8. The Kier molecular flexibility index (Phi) is 5.76. The van der Waals surface area contributed by atoms with E-state index in [1.165, 1.54) is 75.6 Å². The van der Waals surface area contributed by atoms with Crippen molar-refractivity contribution in [2.75, 3.05) is 0 Å². The quantitative estimate of drug-likeness (QED) is 0.194. The molecule has 0 radical (unpaired) electrons. The first-order valence-electron chi connectivity index (χ1n) is 17.9. The maximum absolute atomic E-state index is 5.89. The maximum atomic E-state index is 5.89. The zero-order valence-electron chi connectivity index (χ0n) is 28.5. The standard InChI is InChI=1S/C46H37N3S/c1-45(2)35-17-9-8-16-33(35)41-43(45)48-44(40(47-41)30-21-23-39-46(3,26-30)36-18-10-11-19-38(36)50-39)49-37-25-29-14-5-4-13-28(29)24-34(37)32-22-20-27-12-6-7-15-31(27)42(32)49/h4-12,14-25,28,40,47H,13,26H2,1-3H3. The molecule has 5 aromatic rings. The van der Waals surface area contributed by atoms with Crippen molar-refractivity contribution in [2.24, 2.45) is 10.9 Å². The Bertz CT molecular complexity index is 2710. The van der Waals surface area contributed by atoms with Gasteiger partial charge in [-0.05, 0) is 52.6 Å². The topological polar surface area (TPSA) is 29.3 Å². The summed E-state index contributed by atoms with van der Waals surface area (Å²) < 4.78 is 2.54. The van der Waals surface area contributed by atoms with Gasteiger partial charge in [-0.2, -0.15) is 0 Å². The highest BCUT2D eigenvalue weighted by Crippen LogP contribution is 2.57. The van der Waals surface area contributed by atoms with E-state index in [4.69, 9.17) is 4.99 Å². The summed E-state index contributed by atoms with van der Waals surface area (Å²) in [5, 5.41) is 10.6. The van der Waals surface area contributed by atoms with Crippen molar-refractivity contribution in [1.82, 2.24) is 9.88 Å². The van der Waals surface area contributed by atoms with Crippen LogP contribution in [0.4, 0.5) is 0 Å². The molecular formula is C46H37N3S. The Labute approximate surface area is 296 Å². The summed E-state index contributed by atoms with van der Waals surface area (Å²) in [5.41, 5.74) is 10.0. The number of nitrogens with zero attached hydrogens (tertiary/aromatic N) is 2. The molecule has 3 heterocycles. The van der Waals surface area contributed by atoms with Gasteiger partial charge >= 0.3 is 0 Å². The summed E-state index contributed by atoms with van der Waals surface area (Å²) in [6.07, 6.45) is 18.6. The van der Waals surface area contributed by atoms with E-state index in [1.54, 1.807) is 0 Å². The highest BCUT2D eigenvalue weighted by molar-refractivity contribution is 8.03. The number of thioether (sulfide) groups is 1. The lowest BCUT2D eigenvalue weighted by Crippen LogP contribution is -2.49.